The van der Waals surface area contributed by atoms with E-state index >= 15 is 0 Å². The second kappa shape index (κ2) is 7.75. The Morgan fingerprint density at radius 3 is 1.68 bits per heavy atom. The molecule has 1 saturated carbocycles. The molecular formula is C20H20N2O3. The molecule has 128 valence electrons. The van der Waals surface area contributed by atoms with E-state index in [0.29, 0.717) is 11.8 Å². The van der Waals surface area contributed by atoms with Gasteiger partial charge in [-0.25, -0.2) is 9.97 Å². The normalized spacial score (nSPS) is 17.8. The number of ether oxygens (including phenoxy) is 2. The quantitative estimate of drug-likeness (QED) is 0.797. The van der Waals surface area contributed by atoms with Gasteiger partial charge in [0.1, 0.15) is 0 Å². The standard InChI is InChI=1S/C20H20N2O3/c1-24-18-8-6-14(12-21-18)10-16-4-3-5-17(20(16)23)11-15-7-9-19(25-2)22-13-15/h6-13H,3-5H2,1-2H3/b16-10+,17-11+. The van der Waals surface area contributed by atoms with Crippen molar-refractivity contribution in [2.45, 2.75) is 19.3 Å². The number of aromatic nitrogens is 2. The molecule has 0 spiro atoms. The van der Waals surface area contributed by atoms with Crippen LogP contribution in [0.5, 0.6) is 11.8 Å². The van der Waals surface area contributed by atoms with Crippen LogP contribution in [0.1, 0.15) is 30.4 Å². The molecule has 0 radical (unpaired) electrons. The van der Waals surface area contributed by atoms with Crippen LogP contribution in [0, 0.1) is 0 Å². The summed E-state index contributed by atoms with van der Waals surface area (Å²) in [5.74, 6) is 1.22. The number of nitrogens with zero attached hydrogens (tertiary/aromatic N) is 2. The summed E-state index contributed by atoms with van der Waals surface area (Å²) in [7, 11) is 3.16. The lowest BCUT2D eigenvalue weighted by Crippen LogP contribution is -2.12. The summed E-state index contributed by atoms with van der Waals surface area (Å²) >= 11 is 0. The van der Waals surface area contributed by atoms with Crippen molar-refractivity contribution in [1.82, 2.24) is 9.97 Å². The fraction of sp³-hybridized carbons (Fsp3) is 0.250. The smallest absolute Gasteiger partial charge is 0.212 e. The van der Waals surface area contributed by atoms with Gasteiger partial charge in [-0.1, -0.05) is 0 Å². The predicted molar refractivity (Wildman–Crippen MR) is 96.4 cm³/mol. The Labute approximate surface area is 147 Å². The molecule has 1 aliphatic carbocycles. The van der Waals surface area contributed by atoms with Crippen LogP contribution >= 0.6 is 0 Å². The third kappa shape index (κ3) is 4.12. The Kier molecular flexibility index (Phi) is 5.23. The van der Waals surface area contributed by atoms with E-state index in [0.717, 1.165) is 41.5 Å². The highest BCUT2D eigenvalue weighted by atomic mass is 16.5. The summed E-state index contributed by atoms with van der Waals surface area (Å²) < 4.78 is 10.1. The van der Waals surface area contributed by atoms with Crippen LogP contribution in [0.2, 0.25) is 0 Å². The summed E-state index contributed by atoms with van der Waals surface area (Å²) in [5.41, 5.74) is 3.42. The van der Waals surface area contributed by atoms with Gasteiger partial charge in [0.05, 0.1) is 14.2 Å². The van der Waals surface area contributed by atoms with Crippen LogP contribution in [0.15, 0.2) is 47.8 Å². The highest BCUT2D eigenvalue weighted by Gasteiger charge is 2.20. The van der Waals surface area contributed by atoms with Gasteiger partial charge in [-0.3, -0.25) is 4.79 Å². The minimum Gasteiger partial charge on any atom is -0.481 e. The van der Waals surface area contributed by atoms with Gasteiger partial charge >= 0.3 is 0 Å². The van der Waals surface area contributed by atoms with Gasteiger partial charge in [0.15, 0.2) is 5.78 Å². The highest BCUT2D eigenvalue weighted by molar-refractivity contribution is 6.13. The highest BCUT2D eigenvalue weighted by Crippen LogP contribution is 2.28. The van der Waals surface area contributed by atoms with Gasteiger partial charge in [0, 0.05) is 35.7 Å². The summed E-state index contributed by atoms with van der Waals surface area (Å²) in [6.45, 7) is 0. The Morgan fingerprint density at radius 2 is 1.32 bits per heavy atom. The Balaban J connectivity index is 1.81. The van der Waals surface area contributed by atoms with Crippen LogP contribution in [-0.2, 0) is 4.79 Å². The van der Waals surface area contributed by atoms with Crippen molar-refractivity contribution < 1.29 is 14.3 Å². The second-order valence-corrected chi connectivity index (χ2v) is 5.79. The number of Topliss-reactive ketones (excluding diaryl/α,β-unsaturated/α-hetero) is 1. The van der Waals surface area contributed by atoms with E-state index in [1.54, 1.807) is 38.7 Å². The van der Waals surface area contributed by atoms with Gasteiger partial charge in [0.2, 0.25) is 11.8 Å². The molecule has 1 aliphatic rings. The van der Waals surface area contributed by atoms with E-state index in [4.69, 9.17) is 9.47 Å². The second-order valence-electron chi connectivity index (χ2n) is 5.79. The molecule has 5 heteroatoms. The van der Waals surface area contributed by atoms with Crippen molar-refractivity contribution in [3.8, 4) is 11.8 Å². The van der Waals surface area contributed by atoms with E-state index < -0.39 is 0 Å². The predicted octanol–water partition coefficient (Wildman–Crippen LogP) is 3.71. The lowest BCUT2D eigenvalue weighted by molar-refractivity contribution is -0.112. The third-order valence-electron chi connectivity index (χ3n) is 4.09. The number of allylic oxidation sites excluding steroid dienone is 2. The fourth-order valence-corrected chi connectivity index (χ4v) is 2.78. The zero-order chi connectivity index (χ0) is 17.6. The first-order chi connectivity index (χ1) is 12.2. The summed E-state index contributed by atoms with van der Waals surface area (Å²) in [6.07, 6.45) is 9.76. The number of ketones is 1. The van der Waals surface area contributed by atoms with E-state index in [9.17, 15) is 4.79 Å². The lowest BCUT2D eigenvalue weighted by atomic mass is 9.87. The summed E-state index contributed by atoms with van der Waals surface area (Å²) in [5, 5.41) is 0. The molecular weight excluding hydrogens is 316 g/mol. The monoisotopic (exact) mass is 336 g/mol. The van der Waals surface area contributed by atoms with E-state index in [2.05, 4.69) is 9.97 Å². The van der Waals surface area contributed by atoms with Crippen molar-refractivity contribution in [3.63, 3.8) is 0 Å². The van der Waals surface area contributed by atoms with Gasteiger partial charge in [-0.2, -0.15) is 0 Å². The molecule has 0 unspecified atom stereocenters. The molecule has 0 saturated heterocycles. The van der Waals surface area contributed by atoms with Crippen molar-refractivity contribution in [3.05, 3.63) is 58.9 Å². The molecule has 2 aromatic rings. The zero-order valence-corrected chi connectivity index (χ0v) is 14.4. The first-order valence-corrected chi connectivity index (χ1v) is 8.15. The van der Waals surface area contributed by atoms with Crippen LogP contribution in [-0.4, -0.2) is 30.0 Å². The molecule has 0 atom stereocenters. The molecule has 2 aromatic heterocycles. The average molecular weight is 336 g/mol. The molecule has 0 N–H and O–H groups in total. The maximum atomic E-state index is 12.8. The average Bonchev–Trinajstić information content (AvgIpc) is 2.66. The van der Waals surface area contributed by atoms with E-state index in [-0.39, 0.29) is 5.78 Å². The molecule has 5 nitrogen and oxygen atoms in total. The van der Waals surface area contributed by atoms with Crippen LogP contribution in [0.25, 0.3) is 12.2 Å². The first-order valence-electron chi connectivity index (χ1n) is 8.15. The SMILES string of the molecule is COc1ccc(/C=C2\CCC/C(=C\c3ccc(OC)nc3)C2=O)cn1. The minimum atomic E-state index is 0.0953. The first kappa shape index (κ1) is 16.9. The lowest BCUT2D eigenvalue weighted by Gasteiger charge is -2.16. The Hall–Kier alpha value is -2.95. The number of methoxy groups -OCH3 is 2. The topological polar surface area (TPSA) is 61.3 Å². The molecule has 25 heavy (non-hydrogen) atoms. The van der Waals surface area contributed by atoms with Crippen molar-refractivity contribution >= 4 is 17.9 Å². The van der Waals surface area contributed by atoms with Crippen LogP contribution in [0.3, 0.4) is 0 Å². The largest absolute Gasteiger partial charge is 0.481 e. The van der Waals surface area contributed by atoms with Crippen molar-refractivity contribution in [2.24, 2.45) is 0 Å². The van der Waals surface area contributed by atoms with Gasteiger partial charge in [0.25, 0.3) is 0 Å². The molecule has 0 bridgehead atoms. The molecule has 1 fully saturated rings. The van der Waals surface area contributed by atoms with E-state index in [1.807, 2.05) is 24.3 Å². The maximum absolute atomic E-state index is 12.8. The number of hydrogen-bond donors (Lipinski definition) is 0. The summed E-state index contributed by atoms with van der Waals surface area (Å²) in [4.78, 5) is 21.1. The summed E-state index contributed by atoms with van der Waals surface area (Å²) in [6, 6.07) is 7.38. The molecule has 0 aromatic carbocycles. The van der Waals surface area contributed by atoms with Gasteiger partial charge in [-0.05, 0) is 54.7 Å². The van der Waals surface area contributed by atoms with E-state index in [1.165, 1.54) is 0 Å². The Bertz CT molecular complexity index is 738. The number of pyridine rings is 2. The number of carbonyl (C=O) groups excluding carboxylic acids is 1. The van der Waals surface area contributed by atoms with Crippen LogP contribution in [0.4, 0.5) is 0 Å². The number of hydrogen-bond acceptors (Lipinski definition) is 5. The van der Waals surface area contributed by atoms with Gasteiger partial charge in [-0.15, -0.1) is 0 Å². The molecule has 3 rings (SSSR count). The fourth-order valence-electron chi connectivity index (χ4n) is 2.78. The molecule has 0 aliphatic heterocycles. The number of carbonyl (C=O) groups is 1. The molecule has 0 amide bonds. The van der Waals surface area contributed by atoms with Gasteiger partial charge < -0.3 is 9.47 Å². The maximum Gasteiger partial charge on any atom is 0.212 e. The van der Waals surface area contributed by atoms with Crippen molar-refractivity contribution in [1.29, 1.82) is 0 Å². The molecule has 2 heterocycles. The third-order valence-corrected chi connectivity index (χ3v) is 4.09. The van der Waals surface area contributed by atoms with Crippen molar-refractivity contribution in [2.75, 3.05) is 14.2 Å². The van der Waals surface area contributed by atoms with Crippen LogP contribution < -0.4 is 9.47 Å². The zero-order valence-electron chi connectivity index (χ0n) is 14.4. The Morgan fingerprint density at radius 1 is 0.840 bits per heavy atom. The minimum absolute atomic E-state index is 0.0953. The number of rotatable bonds is 4.